The van der Waals surface area contributed by atoms with E-state index in [1.807, 2.05) is 18.2 Å². The number of hydrogen-bond donors (Lipinski definition) is 1. The van der Waals surface area contributed by atoms with Gasteiger partial charge in [-0.15, -0.1) is 0 Å². The van der Waals surface area contributed by atoms with Gasteiger partial charge in [-0.05, 0) is 30.2 Å². The molecule has 0 aliphatic heterocycles. The van der Waals surface area contributed by atoms with Crippen molar-refractivity contribution in [2.45, 2.75) is 26.3 Å². The number of aromatic amines is 1. The van der Waals surface area contributed by atoms with Crippen LogP contribution in [-0.4, -0.2) is 42.8 Å². The lowest BCUT2D eigenvalue weighted by Gasteiger charge is -2.20. The summed E-state index contributed by atoms with van der Waals surface area (Å²) in [6.45, 7) is 4.99. The van der Waals surface area contributed by atoms with E-state index in [-0.39, 0.29) is 6.61 Å². The highest BCUT2D eigenvalue weighted by atomic mass is 16.7. The first kappa shape index (κ1) is 19.8. The Morgan fingerprint density at radius 3 is 2.58 bits per heavy atom. The Balaban J connectivity index is 1.88. The molecule has 0 saturated heterocycles. The summed E-state index contributed by atoms with van der Waals surface area (Å²) in [6.07, 6.45) is 5.21. The van der Waals surface area contributed by atoms with E-state index in [0.717, 1.165) is 32.5 Å². The van der Waals surface area contributed by atoms with Gasteiger partial charge in [0.1, 0.15) is 6.61 Å². The van der Waals surface area contributed by atoms with Gasteiger partial charge in [0.25, 0.3) is 0 Å². The molecule has 0 radical (unpaired) electrons. The van der Waals surface area contributed by atoms with E-state index in [2.05, 4.69) is 57.9 Å². The summed E-state index contributed by atoms with van der Waals surface area (Å²) in [5, 5.41) is 0. The van der Waals surface area contributed by atoms with E-state index in [1.165, 1.54) is 24.1 Å². The maximum Gasteiger partial charge on any atom is 0.508 e. The zero-order valence-electron chi connectivity index (χ0n) is 15.6. The Hall–Kier alpha value is -2.53. The summed E-state index contributed by atoms with van der Waals surface area (Å²) in [6, 6.07) is 14.8. The van der Waals surface area contributed by atoms with Crippen molar-refractivity contribution >= 4 is 6.16 Å². The Bertz CT molecular complexity index is 680. The Morgan fingerprint density at radius 2 is 1.88 bits per heavy atom. The predicted octanol–water partition coefficient (Wildman–Crippen LogP) is 3.96. The summed E-state index contributed by atoms with van der Waals surface area (Å²) in [5.74, 6) is 0. The molecule has 1 heterocycles. The monoisotopic (exact) mass is 356 g/mol. The van der Waals surface area contributed by atoms with E-state index in [1.54, 1.807) is 0 Å². The SMILES string of the molecule is CCc1ccc(CCN(C/C=C/COC(=O)OC)Cc2ccccc2)[nH]1. The molecule has 26 heavy (non-hydrogen) atoms. The Labute approximate surface area is 155 Å². The highest BCUT2D eigenvalue weighted by Crippen LogP contribution is 2.08. The minimum absolute atomic E-state index is 0.225. The molecule has 0 atom stereocenters. The highest BCUT2D eigenvalue weighted by Gasteiger charge is 2.06. The predicted molar refractivity (Wildman–Crippen MR) is 103 cm³/mol. The van der Waals surface area contributed by atoms with Crippen molar-refractivity contribution < 1.29 is 14.3 Å². The molecule has 1 N–H and O–H groups in total. The van der Waals surface area contributed by atoms with E-state index in [4.69, 9.17) is 4.74 Å². The number of nitrogens with zero attached hydrogens (tertiary/aromatic N) is 1. The van der Waals surface area contributed by atoms with Crippen LogP contribution in [0.15, 0.2) is 54.6 Å². The third-order valence-electron chi connectivity index (χ3n) is 4.13. The lowest BCUT2D eigenvalue weighted by molar-refractivity contribution is 0.0817. The minimum Gasteiger partial charge on any atom is -0.438 e. The molecule has 5 heteroatoms. The van der Waals surface area contributed by atoms with Crippen LogP contribution >= 0.6 is 0 Å². The fraction of sp³-hybridized carbons (Fsp3) is 0.381. The molecule has 0 saturated carbocycles. The average molecular weight is 356 g/mol. The van der Waals surface area contributed by atoms with Crippen LogP contribution in [0.5, 0.6) is 0 Å². The maximum absolute atomic E-state index is 10.9. The normalized spacial score (nSPS) is 11.2. The largest absolute Gasteiger partial charge is 0.508 e. The van der Waals surface area contributed by atoms with Gasteiger partial charge >= 0.3 is 6.16 Å². The van der Waals surface area contributed by atoms with E-state index < -0.39 is 6.16 Å². The second-order valence-electron chi connectivity index (χ2n) is 6.07. The summed E-state index contributed by atoms with van der Waals surface area (Å²) < 4.78 is 9.31. The number of methoxy groups -OCH3 is 1. The van der Waals surface area contributed by atoms with Gasteiger partial charge in [-0.1, -0.05) is 43.3 Å². The summed E-state index contributed by atoms with van der Waals surface area (Å²) in [7, 11) is 1.30. The third kappa shape index (κ3) is 7.15. The molecule has 0 bridgehead atoms. The van der Waals surface area contributed by atoms with Gasteiger partial charge in [0.05, 0.1) is 7.11 Å². The fourth-order valence-electron chi connectivity index (χ4n) is 2.66. The van der Waals surface area contributed by atoms with E-state index in [0.29, 0.717) is 0 Å². The zero-order valence-corrected chi connectivity index (χ0v) is 15.6. The number of carbonyl (C=O) groups is 1. The minimum atomic E-state index is -0.658. The summed E-state index contributed by atoms with van der Waals surface area (Å²) in [5.41, 5.74) is 3.82. The molecule has 2 aromatic rings. The van der Waals surface area contributed by atoms with Crippen molar-refractivity contribution in [1.29, 1.82) is 0 Å². The smallest absolute Gasteiger partial charge is 0.438 e. The van der Waals surface area contributed by atoms with Gasteiger partial charge in [-0.25, -0.2) is 4.79 Å². The van der Waals surface area contributed by atoms with Crippen molar-refractivity contribution in [3.05, 3.63) is 71.6 Å². The molecular formula is C21H28N2O3. The van der Waals surface area contributed by atoms with Crippen molar-refractivity contribution in [1.82, 2.24) is 9.88 Å². The average Bonchev–Trinajstić information content (AvgIpc) is 3.14. The number of ether oxygens (including phenoxy) is 2. The molecule has 2 rings (SSSR count). The van der Waals surface area contributed by atoms with Gasteiger partial charge < -0.3 is 14.5 Å². The van der Waals surface area contributed by atoms with Crippen LogP contribution in [0.4, 0.5) is 4.79 Å². The van der Waals surface area contributed by atoms with Crippen molar-refractivity contribution in [3.8, 4) is 0 Å². The first-order valence-corrected chi connectivity index (χ1v) is 9.00. The molecule has 5 nitrogen and oxygen atoms in total. The van der Waals surface area contributed by atoms with Gasteiger partial charge in [0, 0.05) is 37.4 Å². The van der Waals surface area contributed by atoms with Crippen molar-refractivity contribution in [3.63, 3.8) is 0 Å². The molecule has 0 amide bonds. The second-order valence-corrected chi connectivity index (χ2v) is 6.07. The molecule has 0 fully saturated rings. The molecular weight excluding hydrogens is 328 g/mol. The third-order valence-corrected chi connectivity index (χ3v) is 4.13. The Morgan fingerprint density at radius 1 is 1.12 bits per heavy atom. The van der Waals surface area contributed by atoms with E-state index in [9.17, 15) is 4.79 Å². The van der Waals surface area contributed by atoms with Gasteiger partial charge in [-0.2, -0.15) is 0 Å². The second kappa shape index (κ2) is 11.2. The van der Waals surface area contributed by atoms with Crippen molar-refractivity contribution in [2.75, 3.05) is 26.8 Å². The highest BCUT2D eigenvalue weighted by molar-refractivity contribution is 5.59. The van der Waals surface area contributed by atoms with Crippen LogP contribution in [0, 0.1) is 0 Å². The van der Waals surface area contributed by atoms with Crippen LogP contribution in [-0.2, 0) is 28.9 Å². The van der Waals surface area contributed by atoms with Crippen LogP contribution in [0.25, 0.3) is 0 Å². The van der Waals surface area contributed by atoms with E-state index >= 15 is 0 Å². The topological polar surface area (TPSA) is 54.6 Å². The number of H-pyrrole nitrogens is 1. The molecule has 1 aromatic heterocycles. The molecule has 0 aliphatic rings. The number of rotatable bonds is 10. The molecule has 1 aromatic carbocycles. The van der Waals surface area contributed by atoms with Gasteiger partial charge in [0.15, 0.2) is 0 Å². The van der Waals surface area contributed by atoms with Crippen LogP contribution in [0.3, 0.4) is 0 Å². The number of benzene rings is 1. The lowest BCUT2D eigenvalue weighted by Crippen LogP contribution is -2.26. The number of carbonyl (C=O) groups excluding carboxylic acids is 1. The first-order valence-electron chi connectivity index (χ1n) is 9.00. The van der Waals surface area contributed by atoms with Crippen LogP contribution in [0.2, 0.25) is 0 Å². The first-order chi connectivity index (χ1) is 12.7. The lowest BCUT2D eigenvalue weighted by atomic mass is 10.2. The summed E-state index contributed by atoms with van der Waals surface area (Å²) in [4.78, 5) is 16.8. The number of hydrogen-bond acceptors (Lipinski definition) is 4. The number of aryl methyl sites for hydroxylation is 1. The van der Waals surface area contributed by atoms with Crippen molar-refractivity contribution in [2.24, 2.45) is 0 Å². The standard InChI is InChI=1S/C21H28N2O3/c1-3-19-11-12-20(22-19)13-15-23(17-18-9-5-4-6-10-18)14-7-8-16-26-21(24)25-2/h4-12,22H,3,13-17H2,1-2H3/b8-7+. The molecule has 0 unspecified atom stereocenters. The number of aromatic nitrogens is 1. The van der Waals surface area contributed by atoms with Gasteiger partial charge in [-0.3, -0.25) is 4.90 Å². The quantitative estimate of drug-likeness (QED) is 0.517. The molecule has 0 spiro atoms. The van der Waals surface area contributed by atoms with Gasteiger partial charge in [0.2, 0.25) is 0 Å². The Kier molecular flexibility index (Phi) is 8.49. The summed E-state index contributed by atoms with van der Waals surface area (Å²) >= 11 is 0. The van der Waals surface area contributed by atoms with Crippen LogP contribution < -0.4 is 0 Å². The number of nitrogens with one attached hydrogen (secondary N) is 1. The zero-order chi connectivity index (χ0) is 18.6. The molecule has 140 valence electrons. The maximum atomic E-state index is 10.9. The fourth-order valence-corrected chi connectivity index (χ4v) is 2.66. The van der Waals surface area contributed by atoms with Crippen LogP contribution in [0.1, 0.15) is 23.9 Å². The molecule has 0 aliphatic carbocycles.